The standard InChI is InChI=1S/C21H30N2O4.ClH/c1-26-20(24)13-27-19-8-6-18(7-9-19)23-21(25)17-5-4-15-10-14(12-22)2-3-16(15)11-17;/h4-5,11,14,18-19H,2-3,6-10,12-13,22H2,1H3,(H,23,25);1H. The van der Waals surface area contributed by atoms with Gasteiger partial charge in [0, 0.05) is 11.6 Å². The first-order valence-corrected chi connectivity index (χ1v) is 9.90. The first-order valence-electron chi connectivity index (χ1n) is 9.90. The highest BCUT2D eigenvalue weighted by Gasteiger charge is 2.24. The van der Waals surface area contributed by atoms with Crippen LogP contribution in [0, 0.1) is 5.92 Å². The fraction of sp³-hybridized carbons (Fsp3) is 0.619. The number of hydrogen-bond acceptors (Lipinski definition) is 5. The second-order valence-corrected chi connectivity index (χ2v) is 7.66. The highest BCUT2D eigenvalue weighted by atomic mass is 35.5. The van der Waals surface area contributed by atoms with Gasteiger partial charge in [-0.15, -0.1) is 12.4 Å². The van der Waals surface area contributed by atoms with Crippen LogP contribution in [0.25, 0.3) is 0 Å². The van der Waals surface area contributed by atoms with E-state index in [1.54, 1.807) is 0 Å². The molecule has 0 radical (unpaired) electrons. The number of methoxy groups -OCH3 is 1. The van der Waals surface area contributed by atoms with Gasteiger partial charge >= 0.3 is 5.97 Å². The van der Waals surface area contributed by atoms with E-state index in [1.165, 1.54) is 18.2 Å². The number of amides is 1. The van der Waals surface area contributed by atoms with Gasteiger partial charge in [0.25, 0.3) is 5.91 Å². The SMILES string of the molecule is COC(=O)COC1CCC(NC(=O)c2ccc3c(c2)CCC(CN)C3)CC1.Cl. The molecular weight excluding hydrogens is 380 g/mol. The molecule has 1 saturated carbocycles. The number of hydrogen-bond donors (Lipinski definition) is 2. The summed E-state index contributed by atoms with van der Waals surface area (Å²) in [7, 11) is 1.36. The van der Waals surface area contributed by atoms with Crippen LogP contribution in [0.5, 0.6) is 0 Å². The van der Waals surface area contributed by atoms with Gasteiger partial charge in [0.1, 0.15) is 6.61 Å². The molecule has 2 aliphatic carbocycles. The molecule has 0 saturated heterocycles. The predicted molar refractivity (Wildman–Crippen MR) is 110 cm³/mol. The van der Waals surface area contributed by atoms with Crippen molar-refractivity contribution in [3.8, 4) is 0 Å². The molecule has 2 aliphatic rings. The van der Waals surface area contributed by atoms with Gasteiger partial charge in [-0.2, -0.15) is 0 Å². The quantitative estimate of drug-likeness (QED) is 0.703. The smallest absolute Gasteiger partial charge is 0.331 e. The van der Waals surface area contributed by atoms with Crippen LogP contribution in [0.3, 0.4) is 0 Å². The molecule has 1 aromatic carbocycles. The molecule has 28 heavy (non-hydrogen) atoms. The number of esters is 1. The van der Waals surface area contributed by atoms with Crippen LogP contribution in [0.15, 0.2) is 18.2 Å². The van der Waals surface area contributed by atoms with Crippen LogP contribution in [0.4, 0.5) is 0 Å². The summed E-state index contributed by atoms with van der Waals surface area (Å²) in [6, 6.07) is 6.22. The summed E-state index contributed by atoms with van der Waals surface area (Å²) in [5, 5.41) is 3.15. The lowest BCUT2D eigenvalue weighted by molar-refractivity contribution is -0.148. The number of carbonyl (C=O) groups is 2. The first-order chi connectivity index (χ1) is 13.1. The predicted octanol–water partition coefficient (Wildman–Crippen LogP) is 2.40. The van der Waals surface area contributed by atoms with Crippen molar-refractivity contribution in [1.82, 2.24) is 5.32 Å². The normalized spacial score (nSPS) is 23.9. The maximum Gasteiger partial charge on any atom is 0.331 e. The Morgan fingerprint density at radius 3 is 2.57 bits per heavy atom. The molecule has 3 rings (SSSR count). The molecule has 0 spiro atoms. The van der Waals surface area contributed by atoms with Gasteiger partial charge in [0.15, 0.2) is 0 Å². The highest BCUT2D eigenvalue weighted by Crippen LogP contribution is 2.26. The van der Waals surface area contributed by atoms with E-state index in [0.717, 1.165) is 57.1 Å². The Hall–Kier alpha value is -1.63. The molecule has 7 heteroatoms. The molecule has 0 heterocycles. The minimum Gasteiger partial charge on any atom is -0.467 e. The van der Waals surface area contributed by atoms with Gasteiger partial charge in [-0.25, -0.2) is 4.79 Å². The third-order valence-corrected chi connectivity index (χ3v) is 5.81. The number of halogens is 1. The van der Waals surface area contributed by atoms with Crippen LogP contribution in [0.2, 0.25) is 0 Å². The van der Waals surface area contributed by atoms with Crippen LogP contribution < -0.4 is 11.1 Å². The molecule has 0 aliphatic heterocycles. The van der Waals surface area contributed by atoms with E-state index < -0.39 is 0 Å². The summed E-state index contributed by atoms with van der Waals surface area (Å²) in [4.78, 5) is 23.8. The number of carbonyl (C=O) groups excluding carboxylic acids is 2. The molecule has 1 fully saturated rings. The maximum absolute atomic E-state index is 12.6. The summed E-state index contributed by atoms with van der Waals surface area (Å²) in [6.07, 6.45) is 6.59. The highest BCUT2D eigenvalue weighted by molar-refractivity contribution is 5.94. The average molecular weight is 411 g/mol. The second kappa shape index (κ2) is 10.8. The topological polar surface area (TPSA) is 90.6 Å². The Kier molecular flexibility index (Phi) is 8.73. The van der Waals surface area contributed by atoms with Crippen molar-refractivity contribution in [3.05, 3.63) is 34.9 Å². The molecule has 1 amide bonds. The zero-order chi connectivity index (χ0) is 19.2. The van der Waals surface area contributed by atoms with Crippen molar-refractivity contribution in [3.63, 3.8) is 0 Å². The number of ether oxygens (including phenoxy) is 2. The molecule has 156 valence electrons. The average Bonchev–Trinajstić information content (AvgIpc) is 2.72. The van der Waals surface area contributed by atoms with Crippen molar-refractivity contribution in [1.29, 1.82) is 0 Å². The van der Waals surface area contributed by atoms with Crippen LogP contribution in [-0.4, -0.2) is 44.3 Å². The third kappa shape index (κ3) is 5.93. The minimum absolute atomic E-state index is 0. The molecule has 1 unspecified atom stereocenters. The van der Waals surface area contributed by atoms with Gasteiger partial charge in [0.05, 0.1) is 13.2 Å². The fourth-order valence-electron chi connectivity index (χ4n) is 4.06. The molecular formula is C21H31ClN2O4. The first kappa shape index (κ1) is 22.7. The van der Waals surface area contributed by atoms with Gasteiger partial charge in [-0.3, -0.25) is 4.79 Å². The number of nitrogens with one attached hydrogen (secondary N) is 1. The molecule has 1 atom stereocenters. The van der Waals surface area contributed by atoms with Gasteiger partial charge < -0.3 is 20.5 Å². The van der Waals surface area contributed by atoms with E-state index in [1.807, 2.05) is 12.1 Å². The Bertz CT molecular complexity index is 674. The van der Waals surface area contributed by atoms with Crippen molar-refractivity contribution in [2.45, 2.75) is 57.1 Å². The molecule has 1 aromatic rings. The van der Waals surface area contributed by atoms with E-state index in [-0.39, 0.29) is 43.0 Å². The maximum atomic E-state index is 12.6. The van der Waals surface area contributed by atoms with Crippen LogP contribution in [0.1, 0.15) is 53.6 Å². The van der Waals surface area contributed by atoms with E-state index in [4.69, 9.17) is 10.5 Å². The summed E-state index contributed by atoms with van der Waals surface area (Å²) in [5.74, 6) is 0.210. The number of benzene rings is 1. The van der Waals surface area contributed by atoms with Gasteiger partial charge in [-0.05, 0) is 80.7 Å². The number of fused-ring (bicyclic) bond motifs is 1. The monoisotopic (exact) mass is 410 g/mol. The van der Waals surface area contributed by atoms with Crippen molar-refractivity contribution in [2.24, 2.45) is 11.7 Å². The fourth-order valence-corrected chi connectivity index (χ4v) is 4.06. The largest absolute Gasteiger partial charge is 0.467 e. The lowest BCUT2D eigenvalue weighted by Crippen LogP contribution is -2.39. The summed E-state index contributed by atoms with van der Waals surface area (Å²) < 4.78 is 10.1. The lowest BCUT2D eigenvalue weighted by Gasteiger charge is -2.29. The third-order valence-electron chi connectivity index (χ3n) is 5.81. The Labute approximate surface area is 172 Å². The Morgan fingerprint density at radius 2 is 1.89 bits per heavy atom. The van der Waals surface area contributed by atoms with Gasteiger partial charge in [-0.1, -0.05) is 6.07 Å². The van der Waals surface area contributed by atoms with Crippen molar-refractivity contribution >= 4 is 24.3 Å². The zero-order valence-corrected chi connectivity index (χ0v) is 17.3. The number of aryl methyl sites for hydroxylation is 1. The Morgan fingerprint density at radius 1 is 1.14 bits per heavy atom. The van der Waals surface area contributed by atoms with E-state index in [9.17, 15) is 9.59 Å². The summed E-state index contributed by atoms with van der Waals surface area (Å²) in [6.45, 7) is 0.728. The number of rotatable bonds is 6. The van der Waals surface area contributed by atoms with Crippen LogP contribution >= 0.6 is 12.4 Å². The van der Waals surface area contributed by atoms with Crippen molar-refractivity contribution < 1.29 is 19.1 Å². The Balaban J connectivity index is 0.00000280. The van der Waals surface area contributed by atoms with E-state index in [2.05, 4.69) is 16.1 Å². The summed E-state index contributed by atoms with van der Waals surface area (Å²) >= 11 is 0. The second-order valence-electron chi connectivity index (χ2n) is 7.66. The lowest BCUT2D eigenvalue weighted by atomic mass is 9.83. The zero-order valence-electron chi connectivity index (χ0n) is 16.4. The van der Waals surface area contributed by atoms with Gasteiger partial charge in [0.2, 0.25) is 0 Å². The summed E-state index contributed by atoms with van der Waals surface area (Å²) in [5.41, 5.74) is 9.15. The minimum atomic E-state index is -0.351. The molecule has 0 aromatic heterocycles. The van der Waals surface area contributed by atoms with Crippen molar-refractivity contribution in [2.75, 3.05) is 20.3 Å². The number of nitrogens with two attached hydrogens (primary N) is 1. The van der Waals surface area contributed by atoms with E-state index in [0.29, 0.717) is 5.92 Å². The molecule has 3 N–H and O–H groups in total. The molecule has 0 bridgehead atoms. The van der Waals surface area contributed by atoms with Crippen LogP contribution in [-0.2, 0) is 27.1 Å². The van der Waals surface area contributed by atoms with E-state index >= 15 is 0 Å². The molecule has 6 nitrogen and oxygen atoms in total.